The van der Waals surface area contributed by atoms with Gasteiger partial charge in [0.05, 0.1) is 10.6 Å². The summed E-state index contributed by atoms with van der Waals surface area (Å²) in [6, 6.07) is 13.8. The highest BCUT2D eigenvalue weighted by Gasteiger charge is 2.37. The Labute approximate surface area is 173 Å². The fourth-order valence-corrected chi connectivity index (χ4v) is 5.48. The molecule has 2 aromatic carbocycles. The van der Waals surface area contributed by atoms with E-state index in [-0.39, 0.29) is 17.3 Å². The maximum atomic E-state index is 12.6. The lowest BCUT2D eigenvalue weighted by atomic mass is 10.2. The minimum absolute atomic E-state index is 0.0670. The Morgan fingerprint density at radius 1 is 1.14 bits per heavy atom. The van der Waals surface area contributed by atoms with Gasteiger partial charge in [0.15, 0.2) is 5.25 Å². The summed E-state index contributed by atoms with van der Waals surface area (Å²) in [5, 5.41) is 1.87. The minimum Gasteiger partial charge on any atom is -0.341 e. The van der Waals surface area contributed by atoms with E-state index in [1.807, 2.05) is 30.3 Å². The van der Waals surface area contributed by atoms with Crippen molar-refractivity contribution in [2.75, 3.05) is 18.4 Å². The summed E-state index contributed by atoms with van der Waals surface area (Å²) in [5.74, 6) is -0.594. The van der Waals surface area contributed by atoms with E-state index < -0.39 is 21.2 Å². The van der Waals surface area contributed by atoms with Crippen molar-refractivity contribution in [1.29, 1.82) is 0 Å². The molecular weight excluding hydrogens is 410 g/mol. The molecule has 1 fully saturated rings. The smallest absolute Gasteiger partial charge is 0.247 e. The van der Waals surface area contributed by atoms with Gasteiger partial charge in [-0.3, -0.25) is 9.59 Å². The molecule has 0 aliphatic carbocycles. The number of benzene rings is 2. The van der Waals surface area contributed by atoms with Crippen molar-refractivity contribution in [3.63, 3.8) is 0 Å². The number of rotatable bonds is 5. The first-order valence-electron chi connectivity index (χ1n) is 9.38. The van der Waals surface area contributed by atoms with E-state index in [1.165, 1.54) is 23.9 Å². The van der Waals surface area contributed by atoms with Crippen LogP contribution in [0.25, 0.3) is 0 Å². The van der Waals surface area contributed by atoms with Crippen molar-refractivity contribution in [3.8, 4) is 0 Å². The predicted molar refractivity (Wildman–Crippen MR) is 111 cm³/mol. The number of amides is 2. The Kier molecular flexibility index (Phi) is 5.62. The Bertz CT molecular complexity index is 1030. The number of hydrogen-bond acceptors (Lipinski definition) is 5. The number of anilines is 1. The Hall–Kier alpha value is -2.36. The Balaban J connectivity index is 1.50. The Morgan fingerprint density at radius 2 is 1.86 bits per heavy atom. The molecule has 2 N–H and O–H groups in total. The molecule has 0 spiro atoms. The van der Waals surface area contributed by atoms with Gasteiger partial charge in [0.25, 0.3) is 0 Å². The molecule has 7 nitrogen and oxygen atoms in total. The number of carbonyl (C=O) groups is 2. The number of sulfonamides is 1. The summed E-state index contributed by atoms with van der Waals surface area (Å²) < 4.78 is 27.8. The number of carbonyl (C=O) groups excluding carboxylic acids is 2. The molecule has 0 bridgehead atoms. The molecule has 0 radical (unpaired) electrons. The summed E-state index contributed by atoms with van der Waals surface area (Å²) in [7, 11) is -3.74. The molecule has 4 rings (SSSR count). The second-order valence-corrected chi connectivity index (χ2v) is 9.90. The zero-order valence-corrected chi connectivity index (χ0v) is 17.3. The van der Waals surface area contributed by atoms with E-state index in [0.29, 0.717) is 23.7 Å². The maximum Gasteiger partial charge on any atom is 0.247 e. The molecule has 152 valence electrons. The van der Waals surface area contributed by atoms with Crippen molar-refractivity contribution in [2.24, 2.45) is 0 Å². The van der Waals surface area contributed by atoms with E-state index in [1.54, 1.807) is 11.0 Å². The maximum absolute atomic E-state index is 12.6. The van der Waals surface area contributed by atoms with Crippen LogP contribution in [0.2, 0.25) is 0 Å². The van der Waals surface area contributed by atoms with Gasteiger partial charge in [0, 0.05) is 24.5 Å². The second kappa shape index (κ2) is 8.17. The van der Waals surface area contributed by atoms with E-state index in [0.717, 1.165) is 18.4 Å². The average Bonchev–Trinajstić information content (AvgIpc) is 3.26. The van der Waals surface area contributed by atoms with Crippen LogP contribution in [0.1, 0.15) is 18.4 Å². The summed E-state index contributed by atoms with van der Waals surface area (Å²) in [4.78, 5) is 27.6. The summed E-state index contributed by atoms with van der Waals surface area (Å²) in [6.07, 6.45) is 1.91. The molecule has 29 heavy (non-hydrogen) atoms. The monoisotopic (exact) mass is 431 g/mol. The molecule has 1 atom stereocenters. The van der Waals surface area contributed by atoms with Gasteiger partial charge in [-0.15, -0.1) is 11.8 Å². The normalized spacial score (nSPS) is 19.0. The first-order chi connectivity index (χ1) is 13.9. The molecule has 1 saturated heterocycles. The molecule has 1 unspecified atom stereocenters. The zero-order valence-electron chi connectivity index (χ0n) is 15.6. The van der Waals surface area contributed by atoms with E-state index in [4.69, 9.17) is 0 Å². The van der Waals surface area contributed by atoms with Crippen LogP contribution in [-0.2, 0) is 26.2 Å². The highest BCUT2D eigenvalue weighted by atomic mass is 32.2. The number of nitrogens with one attached hydrogen (secondary N) is 2. The van der Waals surface area contributed by atoms with Gasteiger partial charge < -0.3 is 10.2 Å². The number of nitrogens with zero attached hydrogens (tertiary/aromatic N) is 1. The number of fused-ring (bicyclic) bond motifs is 1. The summed E-state index contributed by atoms with van der Waals surface area (Å²) in [6.45, 7) is 1.54. The van der Waals surface area contributed by atoms with E-state index in [2.05, 4.69) is 10.0 Å². The quantitative estimate of drug-likeness (QED) is 0.708. The zero-order chi connectivity index (χ0) is 20.4. The summed E-state index contributed by atoms with van der Waals surface area (Å²) in [5.41, 5.74) is 1.26. The van der Waals surface area contributed by atoms with Gasteiger partial charge in [0.1, 0.15) is 0 Å². The van der Waals surface area contributed by atoms with Crippen molar-refractivity contribution in [2.45, 2.75) is 34.4 Å². The van der Waals surface area contributed by atoms with Crippen molar-refractivity contribution < 1.29 is 18.0 Å². The van der Waals surface area contributed by atoms with Crippen LogP contribution in [0.5, 0.6) is 0 Å². The lowest BCUT2D eigenvalue weighted by Gasteiger charge is -2.27. The van der Waals surface area contributed by atoms with Crippen LogP contribution < -0.4 is 10.0 Å². The van der Waals surface area contributed by atoms with Gasteiger partial charge in [-0.25, -0.2) is 13.1 Å². The third kappa shape index (κ3) is 4.31. The second-order valence-electron chi connectivity index (χ2n) is 6.99. The highest BCUT2D eigenvalue weighted by Crippen LogP contribution is 2.38. The van der Waals surface area contributed by atoms with E-state index in [9.17, 15) is 18.0 Å². The molecule has 0 saturated carbocycles. The first-order valence-corrected chi connectivity index (χ1v) is 11.7. The topological polar surface area (TPSA) is 95.6 Å². The molecule has 2 aliphatic heterocycles. The molecule has 0 aromatic heterocycles. The largest absolute Gasteiger partial charge is 0.341 e. The van der Waals surface area contributed by atoms with Crippen molar-refractivity contribution in [1.82, 2.24) is 9.62 Å². The highest BCUT2D eigenvalue weighted by molar-refractivity contribution is 8.01. The van der Waals surface area contributed by atoms with Crippen LogP contribution >= 0.6 is 11.8 Å². The minimum atomic E-state index is -3.74. The van der Waals surface area contributed by atoms with Crippen LogP contribution in [0.3, 0.4) is 0 Å². The van der Waals surface area contributed by atoms with Gasteiger partial charge >= 0.3 is 0 Å². The predicted octanol–water partition coefficient (Wildman–Crippen LogP) is 2.20. The average molecular weight is 432 g/mol. The van der Waals surface area contributed by atoms with Gasteiger partial charge in [-0.05, 0) is 36.6 Å². The lowest BCUT2D eigenvalue weighted by Crippen LogP contribution is -2.43. The van der Waals surface area contributed by atoms with Gasteiger partial charge in [-0.1, -0.05) is 30.3 Å². The number of likely N-dealkylation sites (tertiary alicyclic amines) is 1. The van der Waals surface area contributed by atoms with Crippen LogP contribution in [0.15, 0.2) is 58.3 Å². The van der Waals surface area contributed by atoms with E-state index >= 15 is 0 Å². The first kappa shape index (κ1) is 19.9. The van der Waals surface area contributed by atoms with Gasteiger partial charge in [-0.2, -0.15) is 0 Å². The van der Waals surface area contributed by atoms with Crippen molar-refractivity contribution >= 4 is 39.3 Å². The number of hydrogen-bond donors (Lipinski definition) is 2. The Morgan fingerprint density at radius 3 is 2.59 bits per heavy atom. The van der Waals surface area contributed by atoms with Crippen LogP contribution in [0.4, 0.5) is 5.69 Å². The lowest BCUT2D eigenvalue weighted by molar-refractivity contribution is -0.133. The third-order valence-corrected chi connectivity index (χ3v) is 7.61. The molecule has 2 aliphatic rings. The van der Waals surface area contributed by atoms with Crippen LogP contribution in [-0.4, -0.2) is 43.5 Å². The fraction of sp³-hybridized carbons (Fsp3) is 0.300. The molecule has 2 aromatic rings. The summed E-state index contributed by atoms with van der Waals surface area (Å²) >= 11 is 1.17. The molecule has 2 heterocycles. The van der Waals surface area contributed by atoms with Crippen LogP contribution in [0, 0.1) is 0 Å². The molecule has 2 amide bonds. The molecule has 9 heteroatoms. The third-order valence-electron chi connectivity index (χ3n) is 4.95. The van der Waals surface area contributed by atoms with Gasteiger partial charge in [0.2, 0.25) is 21.8 Å². The fourth-order valence-electron chi connectivity index (χ4n) is 3.38. The standard InChI is InChI=1S/C20H21N3O4S2/c24-19-18(20(25)23-10-4-5-11-23)28-17-9-8-15(12-16(17)22-19)29(26,27)21-13-14-6-2-1-3-7-14/h1-3,6-9,12,18,21H,4-5,10-11,13H2,(H,22,24). The molecular formula is C20H21N3O4S2. The van der Waals surface area contributed by atoms with Crippen molar-refractivity contribution in [3.05, 3.63) is 54.1 Å². The number of thioether (sulfide) groups is 1. The SMILES string of the molecule is O=C1Nc2cc(S(=O)(=O)NCc3ccccc3)ccc2SC1C(=O)N1CCCC1.